The molecule has 0 spiro atoms. The third-order valence-electron chi connectivity index (χ3n) is 8.89. The molecule has 3 atom stereocenters. The van der Waals surface area contributed by atoms with Crippen molar-refractivity contribution in [2.45, 2.75) is 50.9 Å². The van der Waals surface area contributed by atoms with Gasteiger partial charge >= 0.3 is 0 Å². The Morgan fingerprint density at radius 3 is 2.32 bits per heavy atom. The summed E-state index contributed by atoms with van der Waals surface area (Å²) in [6, 6.07) is 16.3. The van der Waals surface area contributed by atoms with Crippen LogP contribution >= 0.6 is 0 Å². The van der Waals surface area contributed by atoms with Crippen LogP contribution in [0.4, 0.5) is 10.1 Å². The van der Waals surface area contributed by atoms with Crippen LogP contribution in [-0.2, 0) is 14.6 Å². The number of nitriles is 1. The number of rotatable bonds is 8. The van der Waals surface area contributed by atoms with Gasteiger partial charge < -0.3 is 9.32 Å². The Bertz CT molecular complexity index is 1540. The first-order valence-electron chi connectivity index (χ1n) is 14.6. The van der Waals surface area contributed by atoms with Crippen molar-refractivity contribution in [1.82, 2.24) is 4.98 Å². The molecular formula is C32H34FN3O4S. The average molecular weight is 576 g/mol. The zero-order valence-electron chi connectivity index (χ0n) is 23.0. The van der Waals surface area contributed by atoms with Crippen molar-refractivity contribution < 1.29 is 22.0 Å². The van der Waals surface area contributed by atoms with Gasteiger partial charge in [-0.3, -0.25) is 4.79 Å². The van der Waals surface area contributed by atoms with E-state index in [4.69, 9.17) is 9.40 Å². The van der Waals surface area contributed by atoms with E-state index >= 15 is 0 Å². The molecule has 2 heterocycles. The second-order valence-corrected chi connectivity index (χ2v) is 14.0. The van der Waals surface area contributed by atoms with Crippen molar-refractivity contribution in [2.75, 3.05) is 29.5 Å². The highest BCUT2D eigenvalue weighted by Crippen LogP contribution is 2.46. The molecule has 2 saturated carbocycles. The second kappa shape index (κ2) is 11.4. The quantitative estimate of drug-likeness (QED) is 0.317. The molecule has 1 saturated heterocycles. The van der Waals surface area contributed by atoms with Crippen LogP contribution in [-0.4, -0.2) is 43.8 Å². The van der Waals surface area contributed by atoms with E-state index < -0.39 is 9.84 Å². The van der Waals surface area contributed by atoms with Crippen molar-refractivity contribution in [3.05, 3.63) is 60.1 Å². The number of aromatic nitrogens is 1. The van der Waals surface area contributed by atoms with Gasteiger partial charge in [0.1, 0.15) is 23.1 Å². The van der Waals surface area contributed by atoms with E-state index in [1.807, 2.05) is 24.3 Å². The third kappa shape index (κ3) is 6.08. The van der Waals surface area contributed by atoms with Crippen LogP contribution in [0.25, 0.3) is 22.7 Å². The predicted molar refractivity (Wildman–Crippen MR) is 154 cm³/mol. The monoisotopic (exact) mass is 575 g/mol. The Morgan fingerprint density at radius 1 is 1.00 bits per heavy atom. The van der Waals surface area contributed by atoms with E-state index in [0.717, 1.165) is 49.8 Å². The SMILES string of the molecule is N#C[C@@H](CC(=O)[C@@H]1CCCC[C@H]1c1oc(-c2ccc(F)cc2)nc1-c1ccc(N2CCS(=O)(=O)CC2)cc1)C1CC1. The molecule has 0 radical (unpaired) electrons. The zero-order valence-corrected chi connectivity index (χ0v) is 23.8. The first-order valence-corrected chi connectivity index (χ1v) is 16.4. The van der Waals surface area contributed by atoms with Crippen LogP contribution in [0.15, 0.2) is 52.9 Å². The molecule has 214 valence electrons. The topological polar surface area (TPSA) is 104 Å². The second-order valence-electron chi connectivity index (χ2n) is 11.7. The number of anilines is 1. The summed E-state index contributed by atoms with van der Waals surface area (Å²) in [5.41, 5.74) is 3.11. The molecular weight excluding hydrogens is 541 g/mol. The van der Waals surface area contributed by atoms with Crippen LogP contribution in [0.2, 0.25) is 0 Å². The van der Waals surface area contributed by atoms with E-state index in [0.29, 0.717) is 41.9 Å². The number of oxazole rings is 1. The highest BCUT2D eigenvalue weighted by atomic mass is 32.2. The summed E-state index contributed by atoms with van der Waals surface area (Å²) >= 11 is 0. The smallest absolute Gasteiger partial charge is 0.226 e. The molecule has 1 aromatic heterocycles. The lowest BCUT2D eigenvalue weighted by Crippen LogP contribution is -2.40. The predicted octanol–water partition coefficient (Wildman–Crippen LogP) is 6.17. The Labute approximate surface area is 240 Å². The number of ketones is 1. The lowest BCUT2D eigenvalue weighted by atomic mass is 9.73. The summed E-state index contributed by atoms with van der Waals surface area (Å²) in [4.78, 5) is 20.6. The van der Waals surface area contributed by atoms with Crippen molar-refractivity contribution in [2.24, 2.45) is 17.8 Å². The Balaban J connectivity index is 1.33. The average Bonchev–Trinajstić information content (AvgIpc) is 3.74. The highest BCUT2D eigenvalue weighted by molar-refractivity contribution is 7.91. The minimum absolute atomic E-state index is 0.134. The molecule has 7 nitrogen and oxygen atoms in total. The summed E-state index contributed by atoms with van der Waals surface area (Å²) in [5, 5.41) is 9.66. The maximum absolute atomic E-state index is 13.7. The first-order chi connectivity index (χ1) is 19.8. The number of hydrogen-bond donors (Lipinski definition) is 0. The van der Waals surface area contributed by atoms with Gasteiger partial charge in [-0.15, -0.1) is 0 Å². The van der Waals surface area contributed by atoms with Gasteiger partial charge in [0.05, 0.1) is 23.5 Å². The molecule has 6 rings (SSSR count). The number of carbonyl (C=O) groups is 1. The van der Waals surface area contributed by atoms with Gasteiger partial charge in [-0.2, -0.15) is 5.26 Å². The number of benzene rings is 2. The van der Waals surface area contributed by atoms with Crippen molar-refractivity contribution in [3.63, 3.8) is 0 Å². The molecule has 3 aromatic rings. The molecule has 3 aliphatic rings. The largest absolute Gasteiger partial charge is 0.440 e. The summed E-state index contributed by atoms with van der Waals surface area (Å²) in [6.07, 6.45) is 5.82. The summed E-state index contributed by atoms with van der Waals surface area (Å²) in [6.45, 7) is 0.921. The fourth-order valence-electron chi connectivity index (χ4n) is 6.32. The lowest BCUT2D eigenvalue weighted by Gasteiger charge is -2.30. The number of nitrogens with zero attached hydrogens (tertiary/aromatic N) is 3. The highest BCUT2D eigenvalue weighted by Gasteiger charge is 2.40. The van der Waals surface area contributed by atoms with Gasteiger partial charge in [0, 0.05) is 48.2 Å². The Kier molecular flexibility index (Phi) is 7.69. The molecule has 0 amide bonds. The number of carbonyl (C=O) groups excluding carboxylic acids is 1. The van der Waals surface area contributed by atoms with Crippen LogP contribution in [0.3, 0.4) is 0 Å². The molecule has 41 heavy (non-hydrogen) atoms. The summed E-state index contributed by atoms with van der Waals surface area (Å²) in [7, 11) is -2.98. The van der Waals surface area contributed by atoms with Gasteiger partial charge in [-0.1, -0.05) is 25.0 Å². The summed E-state index contributed by atoms with van der Waals surface area (Å²) in [5.74, 6) is 0.864. The zero-order chi connectivity index (χ0) is 28.6. The summed E-state index contributed by atoms with van der Waals surface area (Å²) < 4.78 is 43.9. The van der Waals surface area contributed by atoms with Crippen LogP contribution < -0.4 is 4.90 Å². The van der Waals surface area contributed by atoms with E-state index in [2.05, 4.69) is 11.0 Å². The normalized spacial score (nSPS) is 23.1. The van der Waals surface area contributed by atoms with E-state index in [1.54, 1.807) is 12.1 Å². The molecule has 1 aliphatic heterocycles. The molecule has 2 aromatic carbocycles. The fraction of sp³-hybridized carbons (Fsp3) is 0.469. The van der Waals surface area contributed by atoms with E-state index in [-0.39, 0.29) is 47.3 Å². The lowest BCUT2D eigenvalue weighted by molar-refractivity contribution is -0.125. The molecule has 2 aliphatic carbocycles. The fourth-order valence-corrected chi connectivity index (χ4v) is 7.52. The number of sulfone groups is 1. The molecule has 0 unspecified atom stereocenters. The van der Waals surface area contributed by atoms with Gasteiger partial charge in [0.2, 0.25) is 5.89 Å². The molecule has 0 N–H and O–H groups in total. The molecule has 0 bridgehead atoms. The third-order valence-corrected chi connectivity index (χ3v) is 10.5. The van der Waals surface area contributed by atoms with E-state index in [9.17, 15) is 22.9 Å². The first kappa shape index (κ1) is 27.6. The maximum atomic E-state index is 13.7. The van der Waals surface area contributed by atoms with Crippen LogP contribution in [0, 0.1) is 34.9 Å². The minimum Gasteiger partial charge on any atom is -0.440 e. The number of halogens is 1. The van der Waals surface area contributed by atoms with E-state index in [1.165, 1.54) is 12.1 Å². The van der Waals surface area contributed by atoms with Gasteiger partial charge in [-0.05, 0) is 68.0 Å². The van der Waals surface area contributed by atoms with Crippen molar-refractivity contribution in [1.29, 1.82) is 5.26 Å². The van der Waals surface area contributed by atoms with Gasteiger partial charge in [-0.25, -0.2) is 17.8 Å². The Hall–Kier alpha value is -3.51. The molecule has 3 fully saturated rings. The number of hydrogen-bond acceptors (Lipinski definition) is 7. The van der Waals surface area contributed by atoms with Crippen molar-refractivity contribution >= 4 is 21.3 Å². The van der Waals surface area contributed by atoms with Crippen LogP contribution in [0.1, 0.15) is 56.6 Å². The maximum Gasteiger partial charge on any atom is 0.226 e. The number of Topliss-reactive ketones (excluding diaryl/α,β-unsaturated/α-hetero) is 1. The van der Waals surface area contributed by atoms with Crippen LogP contribution in [0.5, 0.6) is 0 Å². The Morgan fingerprint density at radius 2 is 1.66 bits per heavy atom. The van der Waals surface area contributed by atoms with Crippen molar-refractivity contribution in [3.8, 4) is 28.8 Å². The van der Waals surface area contributed by atoms with Gasteiger partial charge in [0.15, 0.2) is 9.84 Å². The minimum atomic E-state index is -2.98. The standard InChI is InChI=1S/C32H34FN3O4S/c33-25-11-7-23(8-12-25)32-35-30(22-9-13-26(14-10-22)36-15-17-41(38,39)18-16-36)31(40-32)28-4-2-1-3-27(28)29(37)19-24(20-34)21-5-6-21/h7-14,21,24,27-28H,1-6,15-19H2/t24-,27-,28-/m1/s1. The molecule has 9 heteroatoms. The van der Waals surface area contributed by atoms with Gasteiger partial charge in [0.25, 0.3) is 0 Å².